The monoisotopic (exact) mass is 482 g/mol. The van der Waals surface area contributed by atoms with Gasteiger partial charge < -0.3 is 0 Å². The second-order valence-corrected chi connectivity index (χ2v) is 9.79. The third kappa shape index (κ3) is 5.39. The number of hydrogen-bond donors (Lipinski definition) is 1. The zero-order valence-corrected chi connectivity index (χ0v) is 18.6. The molecule has 0 saturated carbocycles. The molecule has 0 aliphatic heterocycles. The quantitative estimate of drug-likeness (QED) is 0.316. The molecule has 3 aromatic rings. The van der Waals surface area contributed by atoms with Crippen molar-refractivity contribution in [3.05, 3.63) is 86.9 Å². The molecule has 0 saturated heterocycles. The largest absolute Gasteiger partial charge is 0.278 e. The number of nitrogens with zero attached hydrogens (tertiary/aromatic N) is 1. The van der Waals surface area contributed by atoms with Crippen LogP contribution in [0.5, 0.6) is 0 Å². The highest BCUT2D eigenvalue weighted by Gasteiger charge is 2.21. The molecule has 148 valence electrons. The minimum Gasteiger partial charge on any atom is -0.278 e. The van der Waals surface area contributed by atoms with Crippen LogP contribution in [0, 0.1) is 11.3 Å². The molecule has 0 unspecified atom stereocenters. The molecular formula is C20H13Cl3N2O2S2. The van der Waals surface area contributed by atoms with Crippen LogP contribution in [0.3, 0.4) is 0 Å². The number of sulfonamides is 1. The van der Waals surface area contributed by atoms with E-state index in [4.69, 9.17) is 40.1 Å². The van der Waals surface area contributed by atoms with E-state index in [0.29, 0.717) is 17.0 Å². The van der Waals surface area contributed by atoms with Crippen molar-refractivity contribution in [1.29, 1.82) is 5.26 Å². The molecule has 0 fully saturated rings. The van der Waals surface area contributed by atoms with Crippen LogP contribution < -0.4 is 4.72 Å². The number of nitriles is 1. The summed E-state index contributed by atoms with van der Waals surface area (Å²) in [5, 5.41) is 9.13. The molecule has 0 radical (unpaired) electrons. The summed E-state index contributed by atoms with van der Waals surface area (Å²) in [6.07, 6.45) is 0. The van der Waals surface area contributed by atoms with Crippen LogP contribution in [0.1, 0.15) is 11.1 Å². The van der Waals surface area contributed by atoms with Gasteiger partial charge in [0.15, 0.2) is 0 Å². The smallest absolute Gasteiger partial charge is 0.263 e. The summed E-state index contributed by atoms with van der Waals surface area (Å²) in [4.78, 5) is 0.595. The van der Waals surface area contributed by atoms with Crippen molar-refractivity contribution in [2.24, 2.45) is 0 Å². The number of rotatable bonds is 6. The van der Waals surface area contributed by atoms with Crippen LogP contribution in [-0.4, -0.2) is 8.42 Å². The highest BCUT2D eigenvalue weighted by molar-refractivity contribution is 7.98. The Morgan fingerprint density at radius 3 is 2.28 bits per heavy atom. The molecular weight excluding hydrogens is 471 g/mol. The molecule has 0 aliphatic rings. The lowest BCUT2D eigenvalue weighted by molar-refractivity contribution is 0.601. The molecule has 0 heterocycles. The number of hydrogen-bond acceptors (Lipinski definition) is 4. The molecule has 0 bridgehead atoms. The fourth-order valence-corrected chi connectivity index (χ4v) is 5.53. The molecule has 4 nitrogen and oxygen atoms in total. The van der Waals surface area contributed by atoms with E-state index in [1.807, 2.05) is 24.3 Å². The minimum absolute atomic E-state index is 0.0189. The summed E-state index contributed by atoms with van der Waals surface area (Å²) in [6, 6.07) is 18.9. The second-order valence-electron chi connectivity index (χ2n) is 5.90. The Hall–Kier alpha value is -1.88. The van der Waals surface area contributed by atoms with Crippen molar-refractivity contribution >= 4 is 62.3 Å². The van der Waals surface area contributed by atoms with Crippen molar-refractivity contribution in [2.75, 3.05) is 4.72 Å². The Kier molecular flexibility index (Phi) is 6.99. The van der Waals surface area contributed by atoms with E-state index >= 15 is 0 Å². The van der Waals surface area contributed by atoms with E-state index in [2.05, 4.69) is 10.8 Å². The van der Waals surface area contributed by atoms with E-state index in [1.54, 1.807) is 24.3 Å². The van der Waals surface area contributed by atoms with E-state index in [9.17, 15) is 8.42 Å². The standard InChI is InChI=1S/C20H13Cl3N2O2S2/c21-15-9-17(23)20(10-16(15)22)29(26,27)25-18-3-1-2-4-19(18)28-12-14-7-5-13(11-24)6-8-14/h1-10,25H,12H2. The van der Waals surface area contributed by atoms with Gasteiger partial charge in [-0.1, -0.05) is 59.1 Å². The van der Waals surface area contributed by atoms with Gasteiger partial charge in [-0.3, -0.25) is 4.72 Å². The highest BCUT2D eigenvalue weighted by Crippen LogP contribution is 2.35. The first-order chi connectivity index (χ1) is 13.8. The van der Waals surface area contributed by atoms with E-state index in [0.717, 1.165) is 10.5 Å². The number of benzene rings is 3. The number of halogens is 3. The van der Waals surface area contributed by atoms with Crippen LogP contribution in [0.25, 0.3) is 0 Å². The van der Waals surface area contributed by atoms with E-state index in [-0.39, 0.29) is 20.0 Å². The lowest BCUT2D eigenvalue weighted by atomic mass is 10.2. The lowest BCUT2D eigenvalue weighted by Crippen LogP contribution is -2.14. The number of thioether (sulfide) groups is 1. The maximum Gasteiger partial charge on any atom is 0.263 e. The van der Waals surface area contributed by atoms with Gasteiger partial charge in [0, 0.05) is 10.6 Å². The topological polar surface area (TPSA) is 70.0 Å². The van der Waals surface area contributed by atoms with Gasteiger partial charge in [0.1, 0.15) is 4.90 Å². The molecule has 0 aliphatic carbocycles. The fraction of sp³-hybridized carbons (Fsp3) is 0.0500. The Bertz CT molecular complexity index is 1190. The summed E-state index contributed by atoms with van der Waals surface area (Å²) in [7, 11) is -3.97. The number of nitrogens with one attached hydrogen (secondary N) is 1. The summed E-state index contributed by atoms with van der Waals surface area (Å²) < 4.78 is 28.3. The summed E-state index contributed by atoms with van der Waals surface area (Å²) in [6.45, 7) is 0. The molecule has 0 atom stereocenters. The molecule has 29 heavy (non-hydrogen) atoms. The molecule has 3 rings (SSSR count). The predicted octanol–water partition coefficient (Wildman–Crippen LogP) is 6.61. The normalized spacial score (nSPS) is 11.1. The Labute approximate surface area is 188 Å². The highest BCUT2D eigenvalue weighted by atomic mass is 35.5. The zero-order valence-electron chi connectivity index (χ0n) is 14.7. The van der Waals surface area contributed by atoms with Crippen molar-refractivity contribution in [3.63, 3.8) is 0 Å². The summed E-state index contributed by atoms with van der Waals surface area (Å²) >= 11 is 19.4. The summed E-state index contributed by atoms with van der Waals surface area (Å²) in [5.74, 6) is 0.609. The molecule has 9 heteroatoms. The average molecular weight is 484 g/mol. The first-order valence-electron chi connectivity index (χ1n) is 8.18. The third-order valence-corrected chi connectivity index (χ3v) is 7.57. The Morgan fingerprint density at radius 2 is 1.59 bits per heavy atom. The van der Waals surface area contributed by atoms with E-state index < -0.39 is 10.0 Å². The van der Waals surface area contributed by atoms with Gasteiger partial charge in [-0.25, -0.2) is 8.42 Å². The van der Waals surface area contributed by atoms with Gasteiger partial charge in [-0.05, 0) is 42.0 Å². The van der Waals surface area contributed by atoms with Gasteiger partial charge in [0.05, 0.1) is 32.4 Å². The third-order valence-electron chi connectivity index (χ3n) is 3.87. The van der Waals surface area contributed by atoms with E-state index in [1.165, 1.54) is 23.9 Å². The van der Waals surface area contributed by atoms with Crippen LogP contribution in [0.15, 0.2) is 70.5 Å². The second kappa shape index (κ2) is 9.29. The Morgan fingerprint density at radius 1 is 0.931 bits per heavy atom. The average Bonchev–Trinajstić information content (AvgIpc) is 2.70. The van der Waals surface area contributed by atoms with Gasteiger partial charge in [0.2, 0.25) is 0 Å². The first-order valence-corrected chi connectivity index (χ1v) is 11.8. The van der Waals surface area contributed by atoms with Crippen LogP contribution in [0.4, 0.5) is 5.69 Å². The molecule has 3 aromatic carbocycles. The van der Waals surface area contributed by atoms with Crippen molar-refractivity contribution in [2.45, 2.75) is 15.5 Å². The maximum atomic E-state index is 12.8. The Balaban J connectivity index is 1.83. The summed E-state index contributed by atoms with van der Waals surface area (Å²) in [5.41, 5.74) is 2.03. The van der Waals surface area contributed by atoms with Crippen molar-refractivity contribution < 1.29 is 8.42 Å². The van der Waals surface area contributed by atoms with Gasteiger partial charge in [-0.15, -0.1) is 11.8 Å². The SMILES string of the molecule is N#Cc1ccc(CSc2ccccc2NS(=O)(=O)c2cc(Cl)c(Cl)cc2Cl)cc1. The lowest BCUT2D eigenvalue weighted by Gasteiger charge is -2.14. The maximum absolute atomic E-state index is 12.8. The van der Waals surface area contributed by atoms with Crippen molar-refractivity contribution in [1.82, 2.24) is 0 Å². The first kappa shape index (κ1) is 21.8. The number of anilines is 1. The fourth-order valence-electron chi connectivity index (χ4n) is 2.42. The van der Waals surface area contributed by atoms with Crippen LogP contribution in [-0.2, 0) is 15.8 Å². The van der Waals surface area contributed by atoms with Crippen LogP contribution in [0.2, 0.25) is 15.1 Å². The zero-order chi connectivity index (χ0) is 21.0. The predicted molar refractivity (Wildman–Crippen MR) is 119 cm³/mol. The van der Waals surface area contributed by atoms with Gasteiger partial charge in [0.25, 0.3) is 10.0 Å². The van der Waals surface area contributed by atoms with Crippen molar-refractivity contribution in [3.8, 4) is 6.07 Å². The molecule has 0 aromatic heterocycles. The van der Waals surface area contributed by atoms with Gasteiger partial charge in [-0.2, -0.15) is 5.26 Å². The minimum atomic E-state index is -3.97. The van der Waals surface area contributed by atoms with Crippen LogP contribution >= 0.6 is 46.6 Å². The molecule has 0 amide bonds. The molecule has 1 N–H and O–H groups in total. The van der Waals surface area contributed by atoms with Gasteiger partial charge >= 0.3 is 0 Å². The number of para-hydroxylation sites is 1. The molecule has 0 spiro atoms.